The van der Waals surface area contributed by atoms with Crippen LogP contribution in [0.2, 0.25) is 0 Å². The molecule has 7 heteroatoms. The van der Waals surface area contributed by atoms with Gasteiger partial charge in [-0.2, -0.15) is 0 Å². The molecule has 0 bridgehead atoms. The first-order chi connectivity index (χ1) is 12.8. The van der Waals surface area contributed by atoms with Gasteiger partial charge in [-0.25, -0.2) is 13.1 Å². The topological polar surface area (TPSA) is 75.3 Å². The average molecular weight is 405 g/mol. The molecule has 1 atom stereocenters. The number of rotatable bonds is 6. The van der Waals surface area contributed by atoms with Crippen LogP contribution in [0.3, 0.4) is 0 Å². The van der Waals surface area contributed by atoms with Gasteiger partial charge in [-0.1, -0.05) is 18.2 Å². The number of amides is 1. The van der Waals surface area contributed by atoms with Gasteiger partial charge in [0.15, 0.2) is 0 Å². The lowest BCUT2D eigenvalue weighted by molar-refractivity contribution is -0.114. The number of hydrogen-bond donors (Lipinski definition) is 2. The van der Waals surface area contributed by atoms with E-state index in [4.69, 9.17) is 0 Å². The first kappa shape index (κ1) is 19.9. The number of hydrogen-bond acceptors (Lipinski definition) is 4. The molecule has 0 aromatic heterocycles. The van der Waals surface area contributed by atoms with Crippen molar-refractivity contribution in [3.63, 3.8) is 0 Å². The Morgan fingerprint density at radius 1 is 1.11 bits per heavy atom. The van der Waals surface area contributed by atoms with E-state index >= 15 is 0 Å². The summed E-state index contributed by atoms with van der Waals surface area (Å²) in [5, 5.41) is 2.70. The minimum atomic E-state index is -3.72. The summed E-state index contributed by atoms with van der Waals surface area (Å²) in [6.07, 6.45) is 5.19. The molecular formula is C20H24N2O3S2. The van der Waals surface area contributed by atoms with Crippen LogP contribution in [0.4, 0.5) is 5.69 Å². The molecule has 2 aromatic rings. The Bertz CT molecular complexity index is 971. The van der Waals surface area contributed by atoms with E-state index in [0.29, 0.717) is 5.69 Å². The lowest BCUT2D eigenvalue weighted by Gasteiger charge is -2.17. The molecule has 3 rings (SSSR count). The summed E-state index contributed by atoms with van der Waals surface area (Å²) in [5.41, 5.74) is 4.14. The highest BCUT2D eigenvalue weighted by Crippen LogP contribution is 2.30. The fourth-order valence-electron chi connectivity index (χ4n) is 3.37. The molecule has 0 unspecified atom stereocenters. The Hall–Kier alpha value is -1.83. The van der Waals surface area contributed by atoms with Crippen molar-refractivity contribution in [2.75, 3.05) is 11.6 Å². The Balaban J connectivity index is 1.84. The second kappa shape index (κ2) is 8.04. The molecule has 2 N–H and O–H groups in total. The lowest BCUT2D eigenvalue weighted by atomic mass is 10.0. The quantitative estimate of drug-likeness (QED) is 0.716. The van der Waals surface area contributed by atoms with Gasteiger partial charge in [0.05, 0.1) is 10.6 Å². The molecule has 1 aliphatic rings. The number of aryl methyl sites for hydroxylation is 2. The van der Waals surface area contributed by atoms with Gasteiger partial charge in [-0.15, -0.1) is 11.8 Å². The monoisotopic (exact) mass is 404 g/mol. The molecule has 0 fully saturated rings. The van der Waals surface area contributed by atoms with Crippen molar-refractivity contribution in [1.29, 1.82) is 0 Å². The first-order valence-electron chi connectivity index (χ1n) is 8.90. The number of fused-ring (bicyclic) bond motifs is 1. The third kappa shape index (κ3) is 4.54. The van der Waals surface area contributed by atoms with E-state index in [9.17, 15) is 13.2 Å². The number of thioether (sulfide) groups is 1. The number of sulfonamides is 1. The van der Waals surface area contributed by atoms with Gasteiger partial charge in [-0.05, 0) is 67.3 Å². The van der Waals surface area contributed by atoms with Crippen LogP contribution < -0.4 is 10.0 Å². The summed E-state index contributed by atoms with van der Waals surface area (Å²) < 4.78 is 28.5. The number of benzene rings is 2. The smallest absolute Gasteiger partial charge is 0.241 e. The van der Waals surface area contributed by atoms with E-state index in [2.05, 4.69) is 22.2 Å². The van der Waals surface area contributed by atoms with Crippen LogP contribution in [0.1, 0.15) is 43.0 Å². The van der Waals surface area contributed by atoms with Crippen molar-refractivity contribution in [1.82, 2.24) is 4.72 Å². The normalized spacial score (nSPS) is 14.6. The van der Waals surface area contributed by atoms with E-state index in [0.717, 1.165) is 29.7 Å². The van der Waals surface area contributed by atoms with Gasteiger partial charge in [-0.3, -0.25) is 4.79 Å². The minimum Gasteiger partial charge on any atom is -0.325 e. The third-order valence-electron chi connectivity index (χ3n) is 4.75. The first-order valence-corrected chi connectivity index (χ1v) is 11.6. The summed E-state index contributed by atoms with van der Waals surface area (Å²) in [6.45, 7) is 3.25. The van der Waals surface area contributed by atoms with Crippen LogP contribution in [0.15, 0.2) is 46.2 Å². The molecule has 0 aliphatic heterocycles. The summed E-state index contributed by atoms with van der Waals surface area (Å²) in [5.74, 6) is -0.237. The third-order valence-corrected chi connectivity index (χ3v) is 7.08. The molecule has 0 radical (unpaired) electrons. The zero-order valence-corrected chi connectivity index (χ0v) is 17.3. The van der Waals surface area contributed by atoms with Crippen molar-refractivity contribution in [2.24, 2.45) is 0 Å². The van der Waals surface area contributed by atoms with Gasteiger partial charge < -0.3 is 5.32 Å². The summed E-state index contributed by atoms with van der Waals surface area (Å²) >= 11 is 1.45. The van der Waals surface area contributed by atoms with Crippen LogP contribution in [0.5, 0.6) is 0 Å². The summed E-state index contributed by atoms with van der Waals surface area (Å²) in [6, 6.07) is 10.6. The molecule has 1 aliphatic carbocycles. The molecule has 0 spiro atoms. The Labute approximate surface area is 165 Å². The largest absolute Gasteiger partial charge is 0.325 e. The molecular weight excluding hydrogens is 380 g/mol. The van der Waals surface area contributed by atoms with Gasteiger partial charge in [0.25, 0.3) is 0 Å². The number of carbonyl (C=O) groups excluding carboxylic acids is 1. The number of carbonyl (C=O) groups is 1. The highest BCUT2D eigenvalue weighted by Gasteiger charge is 2.21. The van der Waals surface area contributed by atoms with Crippen LogP contribution in [-0.4, -0.2) is 20.6 Å². The number of nitrogens with one attached hydrogen (secondary N) is 2. The lowest BCUT2D eigenvalue weighted by Crippen LogP contribution is -2.27. The van der Waals surface area contributed by atoms with Crippen molar-refractivity contribution < 1.29 is 13.2 Å². The average Bonchev–Trinajstić information content (AvgIpc) is 3.08. The fraction of sp³-hybridized carbons (Fsp3) is 0.350. The van der Waals surface area contributed by atoms with Crippen molar-refractivity contribution in [2.45, 2.75) is 48.9 Å². The van der Waals surface area contributed by atoms with Crippen LogP contribution in [-0.2, 0) is 27.7 Å². The molecule has 2 aromatic carbocycles. The van der Waals surface area contributed by atoms with Crippen molar-refractivity contribution >= 4 is 33.4 Å². The highest BCUT2D eigenvalue weighted by atomic mass is 32.2. The molecule has 1 amide bonds. The van der Waals surface area contributed by atoms with E-state index in [1.165, 1.54) is 35.9 Å². The van der Waals surface area contributed by atoms with E-state index < -0.39 is 10.0 Å². The van der Waals surface area contributed by atoms with Crippen molar-refractivity contribution in [3.8, 4) is 0 Å². The predicted octanol–water partition coefficient (Wildman–Crippen LogP) is 3.90. The van der Waals surface area contributed by atoms with Crippen LogP contribution in [0.25, 0.3) is 0 Å². The van der Waals surface area contributed by atoms with E-state index in [1.807, 2.05) is 19.2 Å². The summed E-state index contributed by atoms with van der Waals surface area (Å²) in [4.78, 5) is 12.4. The number of anilines is 1. The maximum Gasteiger partial charge on any atom is 0.241 e. The SMILES string of the molecule is CSc1ccc(S(=O)(=O)N[C@@H](C)c2ccc3c(c2)CCC3)cc1NC(C)=O. The Morgan fingerprint density at radius 3 is 2.56 bits per heavy atom. The zero-order chi connectivity index (χ0) is 19.6. The minimum absolute atomic E-state index is 0.136. The predicted molar refractivity (Wildman–Crippen MR) is 110 cm³/mol. The van der Waals surface area contributed by atoms with Gasteiger partial charge in [0.2, 0.25) is 15.9 Å². The molecule has 0 saturated carbocycles. The molecule has 144 valence electrons. The summed E-state index contributed by atoms with van der Waals surface area (Å²) in [7, 11) is -3.72. The molecule has 27 heavy (non-hydrogen) atoms. The molecule has 0 saturated heterocycles. The second-order valence-corrected chi connectivity index (χ2v) is 9.33. The van der Waals surface area contributed by atoms with Crippen LogP contribution >= 0.6 is 11.8 Å². The fourth-order valence-corrected chi connectivity index (χ4v) is 5.16. The Kier molecular flexibility index (Phi) is 5.93. The Morgan fingerprint density at radius 2 is 1.85 bits per heavy atom. The standard InChI is InChI=1S/C20H24N2O3S2/c1-13(16-8-7-15-5-4-6-17(15)11-16)22-27(24,25)18-9-10-20(26-3)19(12-18)21-14(2)23/h7-13,22H,4-6H2,1-3H3,(H,21,23)/t13-/m0/s1. The van der Waals surface area contributed by atoms with E-state index in [1.54, 1.807) is 12.1 Å². The maximum atomic E-state index is 12.9. The van der Waals surface area contributed by atoms with Gasteiger partial charge in [0.1, 0.15) is 0 Å². The van der Waals surface area contributed by atoms with Crippen molar-refractivity contribution in [3.05, 3.63) is 53.1 Å². The van der Waals surface area contributed by atoms with Gasteiger partial charge >= 0.3 is 0 Å². The molecule has 5 nitrogen and oxygen atoms in total. The van der Waals surface area contributed by atoms with Crippen LogP contribution in [0, 0.1) is 0 Å². The maximum absolute atomic E-state index is 12.9. The van der Waals surface area contributed by atoms with E-state index in [-0.39, 0.29) is 16.8 Å². The van der Waals surface area contributed by atoms with Gasteiger partial charge in [0, 0.05) is 17.9 Å². The zero-order valence-electron chi connectivity index (χ0n) is 15.7. The highest BCUT2D eigenvalue weighted by molar-refractivity contribution is 7.98. The second-order valence-electron chi connectivity index (χ2n) is 6.77. The molecule has 0 heterocycles.